The van der Waals surface area contributed by atoms with Gasteiger partial charge in [-0.25, -0.2) is 0 Å². The second-order valence-electron chi connectivity index (χ2n) is 5.84. The summed E-state index contributed by atoms with van der Waals surface area (Å²) in [5, 5.41) is 2.75. The molecule has 0 spiro atoms. The summed E-state index contributed by atoms with van der Waals surface area (Å²) >= 11 is 0. The minimum absolute atomic E-state index is 0.339. The van der Waals surface area contributed by atoms with Gasteiger partial charge in [0, 0.05) is 26.9 Å². The Balaban J connectivity index is 0.00000194. The van der Waals surface area contributed by atoms with Gasteiger partial charge in [0.2, 0.25) is 0 Å². The lowest BCUT2D eigenvalue weighted by atomic mass is 10.0. The summed E-state index contributed by atoms with van der Waals surface area (Å²) in [6.45, 7) is 3.80. The van der Waals surface area contributed by atoms with E-state index in [1.54, 1.807) is 6.20 Å². The number of hydrogen-bond donors (Lipinski definition) is 1. The number of rotatable bonds is 11. The van der Waals surface area contributed by atoms with E-state index in [1.807, 2.05) is 56.2 Å². The fourth-order valence-corrected chi connectivity index (χ4v) is 2.55. The Bertz CT molecular complexity index is 575. The van der Waals surface area contributed by atoms with Gasteiger partial charge in [0.1, 0.15) is 18.9 Å². The van der Waals surface area contributed by atoms with Gasteiger partial charge in [0.05, 0.1) is 17.4 Å². The molecule has 144 valence electrons. The van der Waals surface area contributed by atoms with E-state index in [9.17, 15) is 14.4 Å². The topological polar surface area (TPSA) is 69.7 Å². The highest BCUT2D eigenvalue weighted by molar-refractivity contribution is 5.79. The van der Waals surface area contributed by atoms with Gasteiger partial charge in [0.15, 0.2) is 0 Å². The van der Waals surface area contributed by atoms with Crippen molar-refractivity contribution in [3.8, 4) is 0 Å². The van der Waals surface area contributed by atoms with Crippen LogP contribution >= 0.6 is 0 Å². The molecular formula is C20H31N3O3. The minimum Gasteiger partial charge on any atom is -0.363 e. The predicted molar refractivity (Wildman–Crippen MR) is 108 cm³/mol. The maximum Gasteiger partial charge on any atom is 0.142 e. The van der Waals surface area contributed by atoms with E-state index in [-0.39, 0.29) is 6.04 Å². The molecule has 0 bridgehead atoms. The summed E-state index contributed by atoms with van der Waals surface area (Å²) in [7, 11) is 7.47. The molecule has 1 N–H and O–H groups in total. The first-order valence-corrected chi connectivity index (χ1v) is 8.63. The maximum absolute atomic E-state index is 11.4. The standard InChI is InChI=1S/C18H24N2O3.C2H7N/c1-4-19(2)18-15(9-6-12-21)8-5-11-17(18)20(3)16(14-23)10-7-13-22;1-3-2/h4-5,8,11-14,16H,1,6-7,9-10H2,2-3H3;3H,1-2H3. The van der Waals surface area contributed by atoms with Crippen molar-refractivity contribution >= 4 is 30.2 Å². The van der Waals surface area contributed by atoms with Gasteiger partial charge < -0.3 is 29.5 Å². The fourth-order valence-electron chi connectivity index (χ4n) is 2.55. The van der Waals surface area contributed by atoms with Crippen molar-refractivity contribution in [2.75, 3.05) is 38.0 Å². The highest BCUT2D eigenvalue weighted by Gasteiger charge is 2.20. The van der Waals surface area contributed by atoms with Crippen LogP contribution in [0.5, 0.6) is 0 Å². The van der Waals surface area contributed by atoms with Crippen molar-refractivity contribution in [2.45, 2.75) is 31.7 Å². The van der Waals surface area contributed by atoms with E-state index >= 15 is 0 Å². The third-order valence-corrected chi connectivity index (χ3v) is 3.87. The molecule has 1 aromatic rings. The number of likely N-dealkylation sites (N-methyl/N-ethyl adjacent to an activating group) is 1. The molecule has 6 heteroatoms. The molecule has 0 radical (unpaired) electrons. The first-order valence-electron chi connectivity index (χ1n) is 8.63. The van der Waals surface area contributed by atoms with E-state index in [4.69, 9.17) is 0 Å². The van der Waals surface area contributed by atoms with Gasteiger partial charge in [-0.3, -0.25) is 0 Å². The van der Waals surface area contributed by atoms with Crippen molar-refractivity contribution in [2.24, 2.45) is 0 Å². The molecule has 0 aliphatic carbocycles. The second-order valence-corrected chi connectivity index (χ2v) is 5.84. The van der Waals surface area contributed by atoms with Crippen LogP contribution in [0.4, 0.5) is 11.4 Å². The lowest BCUT2D eigenvalue weighted by Gasteiger charge is -2.31. The zero-order valence-corrected chi connectivity index (χ0v) is 16.3. The molecule has 0 heterocycles. The van der Waals surface area contributed by atoms with Crippen LogP contribution in [0.2, 0.25) is 0 Å². The first kappa shape index (κ1) is 23.5. The first-order chi connectivity index (χ1) is 12.5. The molecule has 1 aromatic carbocycles. The summed E-state index contributed by atoms with van der Waals surface area (Å²) in [4.78, 5) is 36.4. The SMILES string of the molecule is C=CN(C)c1c(CCC=O)cccc1N(C)C(C=O)CCC=O.CNC. The van der Waals surface area contributed by atoms with E-state index in [1.165, 1.54) is 0 Å². The molecule has 0 amide bonds. The highest BCUT2D eigenvalue weighted by Crippen LogP contribution is 2.34. The van der Waals surface area contributed by atoms with E-state index in [2.05, 4.69) is 11.9 Å². The fraction of sp³-hybridized carbons (Fsp3) is 0.450. The Hall–Kier alpha value is -2.47. The molecular weight excluding hydrogens is 330 g/mol. The number of para-hydroxylation sites is 1. The molecule has 0 saturated heterocycles. The van der Waals surface area contributed by atoms with Crippen LogP contribution in [0.1, 0.15) is 24.8 Å². The van der Waals surface area contributed by atoms with Gasteiger partial charge in [-0.2, -0.15) is 0 Å². The van der Waals surface area contributed by atoms with Gasteiger partial charge in [-0.05, 0) is 44.8 Å². The molecule has 0 aliphatic heterocycles. The van der Waals surface area contributed by atoms with E-state index in [0.717, 1.165) is 35.8 Å². The van der Waals surface area contributed by atoms with Crippen molar-refractivity contribution in [3.63, 3.8) is 0 Å². The molecule has 0 aliphatic rings. The average molecular weight is 361 g/mol. The third kappa shape index (κ3) is 7.19. The van der Waals surface area contributed by atoms with Crippen molar-refractivity contribution in [1.29, 1.82) is 0 Å². The van der Waals surface area contributed by atoms with Crippen molar-refractivity contribution in [3.05, 3.63) is 36.5 Å². The van der Waals surface area contributed by atoms with Crippen LogP contribution in [0, 0.1) is 0 Å². The molecule has 1 rings (SSSR count). The Labute approximate surface area is 156 Å². The molecule has 26 heavy (non-hydrogen) atoms. The van der Waals surface area contributed by atoms with Crippen LogP contribution < -0.4 is 15.1 Å². The lowest BCUT2D eigenvalue weighted by molar-refractivity contribution is -0.110. The Morgan fingerprint density at radius 3 is 2.23 bits per heavy atom. The van der Waals surface area contributed by atoms with Crippen LogP contribution in [-0.4, -0.2) is 53.1 Å². The largest absolute Gasteiger partial charge is 0.363 e. The van der Waals surface area contributed by atoms with Gasteiger partial charge >= 0.3 is 0 Å². The second kappa shape index (κ2) is 13.8. The normalized spacial score (nSPS) is 10.8. The summed E-state index contributed by atoms with van der Waals surface area (Å²) in [6.07, 6.45) is 6.14. The average Bonchev–Trinajstić information content (AvgIpc) is 2.66. The number of carbonyl (C=O) groups is 3. The Kier molecular flexibility index (Phi) is 12.5. The Morgan fingerprint density at radius 1 is 1.12 bits per heavy atom. The molecule has 1 unspecified atom stereocenters. The lowest BCUT2D eigenvalue weighted by Crippen LogP contribution is -2.34. The number of benzene rings is 1. The van der Waals surface area contributed by atoms with Crippen LogP contribution in [-0.2, 0) is 20.8 Å². The van der Waals surface area contributed by atoms with Gasteiger partial charge in [-0.15, -0.1) is 0 Å². The number of aryl methyl sites for hydroxylation is 1. The van der Waals surface area contributed by atoms with Crippen molar-refractivity contribution in [1.82, 2.24) is 5.32 Å². The minimum atomic E-state index is -0.376. The van der Waals surface area contributed by atoms with Gasteiger partial charge in [0.25, 0.3) is 0 Å². The summed E-state index contributed by atoms with van der Waals surface area (Å²) in [5.41, 5.74) is 2.81. The molecule has 0 saturated carbocycles. The Morgan fingerprint density at radius 2 is 1.73 bits per heavy atom. The molecule has 0 fully saturated rings. The zero-order valence-electron chi connectivity index (χ0n) is 16.3. The number of anilines is 2. The van der Waals surface area contributed by atoms with Crippen LogP contribution in [0.25, 0.3) is 0 Å². The summed E-state index contributed by atoms with van der Waals surface area (Å²) < 4.78 is 0. The number of carbonyl (C=O) groups excluding carboxylic acids is 3. The highest BCUT2D eigenvalue weighted by atomic mass is 16.1. The zero-order chi connectivity index (χ0) is 19.9. The molecule has 0 aromatic heterocycles. The molecule has 6 nitrogen and oxygen atoms in total. The predicted octanol–water partition coefficient (Wildman–Crippen LogP) is 2.22. The van der Waals surface area contributed by atoms with Gasteiger partial charge in [-0.1, -0.05) is 18.7 Å². The van der Waals surface area contributed by atoms with E-state index < -0.39 is 0 Å². The monoisotopic (exact) mass is 361 g/mol. The summed E-state index contributed by atoms with van der Waals surface area (Å²) in [5.74, 6) is 0. The quantitative estimate of drug-likeness (QED) is 0.610. The molecule has 1 atom stereocenters. The smallest absolute Gasteiger partial charge is 0.142 e. The number of hydrogen-bond acceptors (Lipinski definition) is 6. The van der Waals surface area contributed by atoms with Crippen LogP contribution in [0.3, 0.4) is 0 Å². The van der Waals surface area contributed by atoms with E-state index in [0.29, 0.717) is 25.7 Å². The number of aldehydes is 3. The third-order valence-electron chi connectivity index (χ3n) is 3.87. The summed E-state index contributed by atoms with van der Waals surface area (Å²) in [6, 6.07) is 5.43. The maximum atomic E-state index is 11.4. The number of nitrogens with one attached hydrogen (secondary N) is 1. The van der Waals surface area contributed by atoms with Crippen molar-refractivity contribution < 1.29 is 14.4 Å². The van der Waals surface area contributed by atoms with Crippen LogP contribution in [0.15, 0.2) is 31.0 Å². The number of nitrogens with zero attached hydrogens (tertiary/aromatic N) is 2.